The summed E-state index contributed by atoms with van der Waals surface area (Å²) in [5.41, 5.74) is 0.0873. The third-order valence-corrected chi connectivity index (χ3v) is 3.60. The van der Waals surface area contributed by atoms with E-state index in [9.17, 15) is 20.7 Å². The van der Waals surface area contributed by atoms with Crippen LogP contribution in [-0.4, -0.2) is 36.9 Å². The minimum absolute atomic E-state index is 0.144. The van der Waals surface area contributed by atoms with Crippen molar-refractivity contribution in [2.75, 3.05) is 14.2 Å². The van der Waals surface area contributed by atoms with Gasteiger partial charge in [0.25, 0.3) is 0 Å². The number of nitrogens with zero attached hydrogens (tertiary/aromatic N) is 4. The first-order valence-corrected chi connectivity index (χ1v) is 7.90. The van der Waals surface area contributed by atoms with Gasteiger partial charge in [0.2, 0.25) is 0 Å². The summed E-state index contributed by atoms with van der Waals surface area (Å²) < 4.78 is 10.0. The highest BCUT2D eigenvalue weighted by molar-refractivity contribution is 5.87. The van der Waals surface area contributed by atoms with Gasteiger partial charge in [-0.05, 0) is 24.3 Å². The molecular formula is C20H16N4O4. The van der Waals surface area contributed by atoms with Crippen LogP contribution in [0, 0.1) is 22.7 Å². The molecule has 2 aromatic carbocycles. The van der Waals surface area contributed by atoms with Crippen LogP contribution in [0.2, 0.25) is 0 Å². The summed E-state index contributed by atoms with van der Waals surface area (Å²) in [5.74, 6) is 0.209. The topological polar surface area (TPSA) is 131 Å². The molecule has 0 amide bonds. The zero-order valence-corrected chi connectivity index (χ0v) is 15.1. The van der Waals surface area contributed by atoms with Crippen molar-refractivity contribution in [2.24, 2.45) is 9.98 Å². The molecule has 2 rings (SSSR count). The number of para-hydroxylation sites is 2. The van der Waals surface area contributed by atoms with E-state index >= 15 is 0 Å². The molecule has 0 heterocycles. The first-order chi connectivity index (χ1) is 13.5. The Bertz CT molecular complexity index is 960. The summed E-state index contributed by atoms with van der Waals surface area (Å²) in [5, 5.41) is 38.7. The molecule has 0 aliphatic carbocycles. The number of ether oxygens (including phenoxy) is 2. The van der Waals surface area contributed by atoms with Gasteiger partial charge < -0.3 is 19.7 Å². The molecule has 8 nitrogen and oxygen atoms in total. The van der Waals surface area contributed by atoms with Crippen molar-refractivity contribution in [2.45, 2.75) is 0 Å². The minimum Gasteiger partial charge on any atom is -0.504 e. The molecule has 8 heteroatoms. The summed E-state index contributed by atoms with van der Waals surface area (Å²) >= 11 is 0. The first-order valence-electron chi connectivity index (χ1n) is 7.90. The van der Waals surface area contributed by atoms with E-state index in [0.717, 1.165) is 0 Å². The molecule has 0 unspecified atom stereocenters. The van der Waals surface area contributed by atoms with Crippen LogP contribution in [0.5, 0.6) is 23.0 Å². The molecule has 0 spiro atoms. The molecule has 2 N–H and O–H groups in total. The minimum atomic E-state index is -0.261. The van der Waals surface area contributed by atoms with Gasteiger partial charge in [-0.2, -0.15) is 10.5 Å². The van der Waals surface area contributed by atoms with E-state index in [1.165, 1.54) is 26.6 Å². The van der Waals surface area contributed by atoms with Crippen molar-refractivity contribution in [3.8, 4) is 35.1 Å². The fourth-order valence-electron chi connectivity index (χ4n) is 2.17. The van der Waals surface area contributed by atoms with Crippen LogP contribution in [0.15, 0.2) is 57.8 Å². The highest BCUT2D eigenvalue weighted by atomic mass is 16.5. The van der Waals surface area contributed by atoms with E-state index in [2.05, 4.69) is 9.98 Å². The lowest BCUT2D eigenvalue weighted by atomic mass is 10.2. The number of benzene rings is 2. The van der Waals surface area contributed by atoms with Crippen molar-refractivity contribution in [3.63, 3.8) is 0 Å². The SMILES string of the molecule is COc1cccc(C=N/C(C#N)=C(/C#N)N=Cc2cccc(OC)c2O)c1O. The quantitative estimate of drug-likeness (QED) is 0.588. The fraction of sp³-hybridized carbons (Fsp3) is 0.100. The number of rotatable bonds is 6. The van der Waals surface area contributed by atoms with Gasteiger partial charge in [0.15, 0.2) is 34.4 Å². The lowest BCUT2D eigenvalue weighted by molar-refractivity contribution is 0.373. The van der Waals surface area contributed by atoms with Gasteiger partial charge in [0, 0.05) is 23.6 Å². The number of phenolic OH excluding ortho intramolecular Hbond substituents is 2. The predicted molar refractivity (Wildman–Crippen MR) is 103 cm³/mol. The molecule has 2 aromatic rings. The van der Waals surface area contributed by atoms with E-state index in [1.807, 2.05) is 0 Å². The van der Waals surface area contributed by atoms with Gasteiger partial charge in [-0.1, -0.05) is 12.1 Å². The third kappa shape index (κ3) is 4.45. The number of hydrogen-bond donors (Lipinski definition) is 2. The number of aromatic hydroxyl groups is 2. The summed E-state index contributed by atoms with van der Waals surface area (Å²) in [7, 11) is 2.82. The van der Waals surface area contributed by atoms with Crippen LogP contribution in [0.4, 0.5) is 0 Å². The molecule has 0 bridgehead atoms. The Labute approximate surface area is 161 Å². The summed E-state index contributed by atoms with van der Waals surface area (Å²) in [6.45, 7) is 0. The van der Waals surface area contributed by atoms with Crippen LogP contribution < -0.4 is 9.47 Å². The first kappa shape index (κ1) is 20.0. The van der Waals surface area contributed by atoms with Gasteiger partial charge in [-0.3, -0.25) is 0 Å². The summed E-state index contributed by atoms with van der Waals surface area (Å²) in [6, 6.07) is 13.1. The maximum absolute atomic E-state index is 10.1. The molecule has 0 aliphatic rings. The van der Waals surface area contributed by atoms with Gasteiger partial charge >= 0.3 is 0 Å². The standard InChI is InChI=1S/C20H16N4O4/c1-27-17-7-3-5-13(19(17)25)11-23-15(9-21)16(10-22)24-12-14-6-4-8-18(28-2)20(14)26/h3-8,11-12,25-26H,1-2H3/b16-15-,23-11?,24-12?. The van der Waals surface area contributed by atoms with E-state index in [1.54, 1.807) is 48.5 Å². The number of phenols is 2. The summed E-state index contributed by atoms with van der Waals surface area (Å²) in [4.78, 5) is 7.89. The molecule has 0 saturated heterocycles. The zero-order chi connectivity index (χ0) is 20.5. The van der Waals surface area contributed by atoms with Crippen molar-refractivity contribution in [1.29, 1.82) is 10.5 Å². The Hall–Kier alpha value is -4.30. The smallest absolute Gasteiger partial charge is 0.176 e. The Balaban J connectivity index is 2.39. The second-order valence-corrected chi connectivity index (χ2v) is 5.23. The second-order valence-electron chi connectivity index (χ2n) is 5.23. The lowest BCUT2D eigenvalue weighted by Gasteiger charge is -2.05. The average Bonchev–Trinajstić information content (AvgIpc) is 2.72. The Morgan fingerprint density at radius 2 is 1.21 bits per heavy atom. The molecule has 0 radical (unpaired) electrons. The largest absolute Gasteiger partial charge is 0.504 e. The Morgan fingerprint density at radius 1 is 0.821 bits per heavy atom. The molecule has 0 aliphatic heterocycles. The Kier molecular flexibility index (Phi) is 6.73. The third-order valence-electron chi connectivity index (χ3n) is 3.60. The number of hydrogen-bond acceptors (Lipinski definition) is 8. The van der Waals surface area contributed by atoms with E-state index in [-0.39, 0.29) is 34.4 Å². The van der Waals surface area contributed by atoms with Gasteiger partial charge in [-0.15, -0.1) is 0 Å². The van der Waals surface area contributed by atoms with Crippen LogP contribution >= 0.6 is 0 Å². The average molecular weight is 376 g/mol. The lowest BCUT2D eigenvalue weighted by Crippen LogP contribution is -1.91. The molecular weight excluding hydrogens is 360 g/mol. The maximum Gasteiger partial charge on any atom is 0.176 e. The van der Waals surface area contributed by atoms with Gasteiger partial charge in [0.05, 0.1) is 14.2 Å². The van der Waals surface area contributed by atoms with Crippen molar-refractivity contribution in [1.82, 2.24) is 0 Å². The second kappa shape index (κ2) is 9.41. The number of nitriles is 2. The zero-order valence-electron chi connectivity index (χ0n) is 15.1. The summed E-state index contributed by atoms with van der Waals surface area (Å²) in [6.07, 6.45) is 2.46. The van der Waals surface area contributed by atoms with Gasteiger partial charge in [-0.25, -0.2) is 9.98 Å². The fourth-order valence-corrected chi connectivity index (χ4v) is 2.17. The number of allylic oxidation sites excluding steroid dienone is 2. The highest BCUT2D eigenvalue weighted by Gasteiger charge is 2.08. The maximum atomic E-state index is 10.1. The molecule has 28 heavy (non-hydrogen) atoms. The van der Waals surface area contributed by atoms with Crippen molar-refractivity contribution < 1.29 is 19.7 Å². The van der Waals surface area contributed by atoms with Crippen LogP contribution in [-0.2, 0) is 0 Å². The number of methoxy groups -OCH3 is 2. The highest BCUT2D eigenvalue weighted by Crippen LogP contribution is 2.29. The molecule has 0 atom stereocenters. The Morgan fingerprint density at radius 3 is 1.54 bits per heavy atom. The normalized spacial score (nSPS) is 11.7. The molecule has 0 aromatic heterocycles. The molecule has 140 valence electrons. The van der Waals surface area contributed by atoms with Crippen LogP contribution in [0.3, 0.4) is 0 Å². The predicted octanol–water partition coefficient (Wildman–Crippen LogP) is 2.91. The van der Waals surface area contributed by atoms with E-state index in [0.29, 0.717) is 11.1 Å². The van der Waals surface area contributed by atoms with Crippen LogP contribution in [0.1, 0.15) is 11.1 Å². The van der Waals surface area contributed by atoms with Crippen molar-refractivity contribution in [3.05, 3.63) is 58.9 Å². The van der Waals surface area contributed by atoms with E-state index < -0.39 is 0 Å². The van der Waals surface area contributed by atoms with E-state index in [4.69, 9.17) is 9.47 Å². The van der Waals surface area contributed by atoms with Crippen LogP contribution in [0.25, 0.3) is 0 Å². The van der Waals surface area contributed by atoms with Crippen molar-refractivity contribution >= 4 is 12.4 Å². The molecule has 0 fully saturated rings. The monoisotopic (exact) mass is 376 g/mol. The van der Waals surface area contributed by atoms with Gasteiger partial charge in [0.1, 0.15) is 12.1 Å². The molecule has 0 saturated carbocycles. The number of aliphatic imine (C=N–C) groups is 2.